The molecule has 2 N–H and O–H groups in total. The number of rotatable bonds is 2. The van der Waals surface area contributed by atoms with Crippen LogP contribution in [0.5, 0.6) is 0 Å². The van der Waals surface area contributed by atoms with E-state index in [1.165, 1.54) is 0 Å². The quantitative estimate of drug-likeness (QED) is 0.754. The summed E-state index contributed by atoms with van der Waals surface area (Å²) >= 11 is 5.49. The molecule has 0 saturated heterocycles. The molecule has 0 atom stereocenters. The fourth-order valence-electron chi connectivity index (χ4n) is 0.826. The minimum absolute atomic E-state index is 0.0306. The van der Waals surface area contributed by atoms with Crippen molar-refractivity contribution in [2.45, 2.75) is 6.43 Å². The predicted molar refractivity (Wildman–Crippen MR) is 44.0 cm³/mol. The second-order valence-corrected chi connectivity index (χ2v) is 2.64. The van der Waals surface area contributed by atoms with Gasteiger partial charge in [-0.05, 0) is 0 Å². The van der Waals surface area contributed by atoms with E-state index in [2.05, 4.69) is 4.98 Å². The summed E-state index contributed by atoms with van der Waals surface area (Å²) < 4.78 is 24.3. The van der Waals surface area contributed by atoms with Crippen molar-refractivity contribution in [3.05, 3.63) is 22.5 Å². The van der Waals surface area contributed by atoms with E-state index in [0.29, 0.717) is 6.29 Å². The van der Waals surface area contributed by atoms with Crippen LogP contribution in [0.1, 0.15) is 22.5 Å². The molecule has 1 rings (SSSR count). The SMILES string of the molecule is Nc1c(C(F)F)ncc(Cl)c1C=O. The topological polar surface area (TPSA) is 56.0 Å². The second-order valence-electron chi connectivity index (χ2n) is 2.24. The first-order chi connectivity index (χ1) is 6.07. The molecule has 0 amide bonds. The van der Waals surface area contributed by atoms with Crippen LogP contribution < -0.4 is 5.73 Å². The molecular formula is C7H5ClF2N2O. The van der Waals surface area contributed by atoms with E-state index in [-0.39, 0.29) is 16.3 Å². The first kappa shape index (κ1) is 9.85. The fourth-order valence-corrected chi connectivity index (χ4v) is 1.02. The molecule has 1 aromatic rings. The largest absolute Gasteiger partial charge is 0.396 e. The Morgan fingerprint density at radius 3 is 2.69 bits per heavy atom. The third-order valence-corrected chi connectivity index (χ3v) is 1.77. The number of hydrogen-bond donors (Lipinski definition) is 1. The minimum Gasteiger partial charge on any atom is -0.396 e. The first-order valence-corrected chi connectivity index (χ1v) is 3.63. The van der Waals surface area contributed by atoms with Crippen LogP contribution in [0, 0.1) is 0 Å². The van der Waals surface area contributed by atoms with Gasteiger partial charge >= 0.3 is 0 Å². The van der Waals surface area contributed by atoms with E-state index in [1.807, 2.05) is 0 Å². The highest BCUT2D eigenvalue weighted by atomic mass is 35.5. The van der Waals surface area contributed by atoms with Crippen molar-refractivity contribution in [1.82, 2.24) is 4.98 Å². The van der Waals surface area contributed by atoms with Crippen molar-refractivity contribution in [2.24, 2.45) is 0 Å². The van der Waals surface area contributed by atoms with Gasteiger partial charge in [0.25, 0.3) is 6.43 Å². The number of nitrogen functional groups attached to an aromatic ring is 1. The molecule has 0 fully saturated rings. The number of aldehydes is 1. The van der Waals surface area contributed by atoms with Crippen molar-refractivity contribution < 1.29 is 13.6 Å². The Bertz CT molecular complexity index is 344. The third-order valence-electron chi connectivity index (χ3n) is 1.46. The minimum atomic E-state index is -2.81. The molecular weight excluding hydrogens is 202 g/mol. The number of pyridine rings is 1. The van der Waals surface area contributed by atoms with Gasteiger partial charge in [0.05, 0.1) is 16.3 Å². The van der Waals surface area contributed by atoms with Crippen LogP contribution in [-0.2, 0) is 0 Å². The van der Waals surface area contributed by atoms with Crippen LogP contribution >= 0.6 is 11.6 Å². The van der Waals surface area contributed by atoms with Crippen molar-refractivity contribution in [2.75, 3.05) is 5.73 Å². The molecule has 13 heavy (non-hydrogen) atoms. The van der Waals surface area contributed by atoms with E-state index in [4.69, 9.17) is 17.3 Å². The molecule has 0 radical (unpaired) electrons. The molecule has 0 spiro atoms. The molecule has 6 heteroatoms. The normalized spacial score (nSPS) is 10.5. The molecule has 0 aliphatic carbocycles. The van der Waals surface area contributed by atoms with Gasteiger partial charge in [-0.25, -0.2) is 8.78 Å². The average molecular weight is 207 g/mol. The maximum Gasteiger partial charge on any atom is 0.282 e. The summed E-state index contributed by atoms with van der Waals surface area (Å²) in [4.78, 5) is 13.7. The molecule has 3 nitrogen and oxygen atoms in total. The molecule has 0 aromatic carbocycles. The molecule has 0 saturated carbocycles. The molecule has 70 valence electrons. The summed E-state index contributed by atoms with van der Waals surface area (Å²) in [6.07, 6.45) is -1.51. The maximum atomic E-state index is 12.2. The summed E-state index contributed by atoms with van der Waals surface area (Å²) in [5.41, 5.74) is 4.11. The highest BCUT2D eigenvalue weighted by Crippen LogP contribution is 2.28. The molecule has 0 bridgehead atoms. The number of nitrogens with zero attached hydrogens (tertiary/aromatic N) is 1. The Morgan fingerprint density at radius 2 is 2.23 bits per heavy atom. The zero-order chi connectivity index (χ0) is 10.0. The number of hydrogen-bond acceptors (Lipinski definition) is 3. The average Bonchev–Trinajstić information content (AvgIpc) is 2.04. The monoisotopic (exact) mass is 206 g/mol. The van der Waals surface area contributed by atoms with Crippen LogP contribution in [0.2, 0.25) is 5.02 Å². The lowest BCUT2D eigenvalue weighted by molar-refractivity contribution is 0.112. The predicted octanol–water partition coefficient (Wildman–Crippen LogP) is 2.07. The van der Waals surface area contributed by atoms with Gasteiger partial charge in [-0.3, -0.25) is 9.78 Å². The highest BCUT2D eigenvalue weighted by Gasteiger charge is 2.17. The van der Waals surface area contributed by atoms with Crippen LogP contribution in [0.25, 0.3) is 0 Å². The first-order valence-electron chi connectivity index (χ1n) is 3.25. The number of halogens is 3. The van der Waals surface area contributed by atoms with Gasteiger partial charge in [-0.15, -0.1) is 0 Å². The number of nitrogens with two attached hydrogens (primary N) is 1. The number of alkyl halides is 2. The Morgan fingerprint density at radius 1 is 1.62 bits per heavy atom. The van der Waals surface area contributed by atoms with E-state index in [0.717, 1.165) is 6.20 Å². The van der Waals surface area contributed by atoms with Crippen molar-refractivity contribution in [3.8, 4) is 0 Å². The van der Waals surface area contributed by atoms with Gasteiger partial charge in [-0.1, -0.05) is 11.6 Å². The smallest absolute Gasteiger partial charge is 0.282 e. The second kappa shape index (κ2) is 3.66. The standard InChI is InChI=1S/C7H5ClF2N2O/c8-4-1-12-6(7(9)10)5(11)3(4)2-13/h1-2,7H,11H2. The summed E-state index contributed by atoms with van der Waals surface area (Å²) in [6.45, 7) is 0. The van der Waals surface area contributed by atoms with Crippen molar-refractivity contribution >= 4 is 23.6 Å². The Kier molecular flexibility index (Phi) is 2.77. The number of aromatic nitrogens is 1. The zero-order valence-electron chi connectivity index (χ0n) is 6.30. The van der Waals surface area contributed by atoms with E-state index in [1.54, 1.807) is 0 Å². The van der Waals surface area contributed by atoms with Gasteiger partial charge in [0, 0.05) is 6.20 Å². The van der Waals surface area contributed by atoms with Crippen LogP contribution in [-0.4, -0.2) is 11.3 Å². The molecule has 1 heterocycles. The third kappa shape index (κ3) is 1.75. The van der Waals surface area contributed by atoms with Gasteiger partial charge in [0.1, 0.15) is 5.69 Å². The summed E-state index contributed by atoms with van der Waals surface area (Å²) in [5, 5.41) is -0.0306. The van der Waals surface area contributed by atoms with E-state index >= 15 is 0 Å². The van der Waals surface area contributed by atoms with E-state index < -0.39 is 12.1 Å². The summed E-state index contributed by atoms with van der Waals surface area (Å²) in [6, 6.07) is 0. The maximum absolute atomic E-state index is 12.2. The van der Waals surface area contributed by atoms with Gasteiger partial charge in [0.2, 0.25) is 0 Å². The zero-order valence-corrected chi connectivity index (χ0v) is 7.05. The number of carbonyl (C=O) groups excluding carboxylic acids is 1. The molecule has 0 unspecified atom stereocenters. The summed E-state index contributed by atoms with van der Waals surface area (Å²) in [5.74, 6) is 0. The van der Waals surface area contributed by atoms with Crippen molar-refractivity contribution in [1.29, 1.82) is 0 Å². The lowest BCUT2D eigenvalue weighted by Gasteiger charge is -2.06. The lowest BCUT2D eigenvalue weighted by atomic mass is 10.2. The highest BCUT2D eigenvalue weighted by molar-refractivity contribution is 6.33. The van der Waals surface area contributed by atoms with E-state index in [9.17, 15) is 13.6 Å². The van der Waals surface area contributed by atoms with Gasteiger partial charge in [0.15, 0.2) is 6.29 Å². The van der Waals surface area contributed by atoms with Crippen molar-refractivity contribution in [3.63, 3.8) is 0 Å². The Labute approximate surface area is 77.5 Å². The van der Waals surface area contributed by atoms with Gasteiger partial charge < -0.3 is 5.73 Å². The van der Waals surface area contributed by atoms with Crippen LogP contribution in [0.15, 0.2) is 6.20 Å². The Balaban J connectivity index is 3.35. The molecule has 0 aliphatic rings. The van der Waals surface area contributed by atoms with Gasteiger partial charge in [-0.2, -0.15) is 0 Å². The van der Waals surface area contributed by atoms with Crippen LogP contribution in [0.4, 0.5) is 14.5 Å². The lowest BCUT2D eigenvalue weighted by Crippen LogP contribution is -2.03. The molecule has 1 aromatic heterocycles. The molecule has 0 aliphatic heterocycles. The Hall–Kier alpha value is -1.23. The summed E-state index contributed by atoms with van der Waals surface area (Å²) in [7, 11) is 0. The fraction of sp³-hybridized carbons (Fsp3) is 0.143. The van der Waals surface area contributed by atoms with Crippen LogP contribution in [0.3, 0.4) is 0 Å². The number of carbonyl (C=O) groups is 1. The number of anilines is 1.